The van der Waals surface area contributed by atoms with Crippen molar-refractivity contribution in [3.63, 3.8) is 0 Å². The summed E-state index contributed by atoms with van der Waals surface area (Å²) in [5.41, 5.74) is 3.36. The van der Waals surface area contributed by atoms with Crippen molar-refractivity contribution in [2.45, 2.75) is 57.2 Å². The number of nitrogens with zero attached hydrogens (tertiary/aromatic N) is 1. The molecule has 1 aliphatic heterocycles. The van der Waals surface area contributed by atoms with Gasteiger partial charge in [0, 0.05) is 31.2 Å². The van der Waals surface area contributed by atoms with Crippen molar-refractivity contribution < 1.29 is 14.3 Å². The summed E-state index contributed by atoms with van der Waals surface area (Å²) in [6.45, 7) is 4.25. The van der Waals surface area contributed by atoms with Crippen LogP contribution >= 0.6 is 0 Å². The van der Waals surface area contributed by atoms with Crippen LogP contribution in [0, 0.1) is 5.41 Å². The molecule has 1 unspecified atom stereocenters. The third kappa shape index (κ3) is 4.93. The van der Waals surface area contributed by atoms with Crippen LogP contribution in [0.25, 0.3) is 0 Å². The molecule has 2 aromatic carbocycles. The predicted molar refractivity (Wildman–Crippen MR) is 127 cm³/mol. The standard InChI is InChI=1S/C26H32N4O3/c1-26(2)16-23(31)30(25(27)29-26)22(13-14-33-3)18-8-6-9-19(15-18)24(32)28-21-12-11-17-7-4-5-10-20(17)21/h4-10,15,21-22H,11-14,16H2,1-3H3,(H2,27,29)(H,28,32)/t21-,22?/m0/s1. The van der Waals surface area contributed by atoms with Crippen LogP contribution in [0.4, 0.5) is 0 Å². The van der Waals surface area contributed by atoms with Gasteiger partial charge in [-0.3, -0.25) is 19.9 Å². The maximum Gasteiger partial charge on any atom is 0.251 e. The van der Waals surface area contributed by atoms with Gasteiger partial charge in [-0.2, -0.15) is 0 Å². The highest BCUT2D eigenvalue weighted by atomic mass is 16.5. The van der Waals surface area contributed by atoms with Crippen LogP contribution in [0.2, 0.25) is 0 Å². The first-order valence-corrected chi connectivity index (χ1v) is 11.5. The number of nitrogens with one attached hydrogen (secondary N) is 3. The fourth-order valence-electron chi connectivity index (χ4n) is 4.85. The Hall–Kier alpha value is -3.19. The summed E-state index contributed by atoms with van der Waals surface area (Å²) in [7, 11) is 1.62. The van der Waals surface area contributed by atoms with Crippen molar-refractivity contribution in [1.82, 2.24) is 15.5 Å². The van der Waals surface area contributed by atoms with Gasteiger partial charge < -0.3 is 15.4 Å². The number of ether oxygens (including phenoxy) is 1. The topological polar surface area (TPSA) is 94.5 Å². The fourth-order valence-corrected chi connectivity index (χ4v) is 4.85. The minimum atomic E-state index is -0.463. The van der Waals surface area contributed by atoms with Gasteiger partial charge in [-0.25, -0.2) is 0 Å². The van der Waals surface area contributed by atoms with Crippen molar-refractivity contribution in [2.24, 2.45) is 0 Å². The number of carbonyl (C=O) groups is 2. The number of guanidine groups is 1. The zero-order valence-electron chi connectivity index (χ0n) is 19.5. The number of amides is 2. The molecule has 7 nitrogen and oxygen atoms in total. The maximum absolute atomic E-state index is 13.1. The highest BCUT2D eigenvalue weighted by Gasteiger charge is 2.39. The van der Waals surface area contributed by atoms with Crippen molar-refractivity contribution in [3.05, 3.63) is 70.8 Å². The number of methoxy groups -OCH3 is 1. The molecule has 0 bridgehead atoms. The Balaban J connectivity index is 1.57. The van der Waals surface area contributed by atoms with Crippen LogP contribution in [0.1, 0.15) is 72.2 Å². The lowest BCUT2D eigenvalue weighted by Crippen LogP contribution is -2.60. The summed E-state index contributed by atoms with van der Waals surface area (Å²) in [6.07, 6.45) is 2.67. The molecule has 0 radical (unpaired) electrons. The van der Waals surface area contributed by atoms with Crippen LogP contribution in [0.3, 0.4) is 0 Å². The lowest BCUT2D eigenvalue weighted by atomic mass is 9.94. The molecule has 7 heteroatoms. The zero-order chi connectivity index (χ0) is 23.6. The van der Waals surface area contributed by atoms with Gasteiger partial charge in [0.05, 0.1) is 12.1 Å². The predicted octanol–water partition coefficient (Wildman–Crippen LogP) is 3.72. The summed E-state index contributed by atoms with van der Waals surface area (Å²) in [4.78, 5) is 27.6. The van der Waals surface area contributed by atoms with Crippen molar-refractivity contribution in [2.75, 3.05) is 13.7 Å². The molecule has 0 saturated carbocycles. The van der Waals surface area contributed by atoms with E-state index in [2.05, 4.69) is 22.8 Å². The number of rotatable bonds is 7. The molecule has 0 aromatic heterocycles. The van der Waals surface area contributed by atoms with Crippen molar-refractivity contribution in [3.8, 4) is 0 Å². The SMILES string of the molecule is COCCC(c1cccc(C(=O)N[C@H]2CCc3ccccc32)c1)N1C(=N)NC(C)(C)CC1=O. The van der Waals surface area contributed by atoms with E-state index in [0.29, 0.717) is 25.0 Å². The third-order valence-electron chi connectivity index (χ3n) is 6.44. The minimum Gasteiger partial charge on any atom is -0.385 e. The lowest BCUT2D eigenvalue weighted by Gasteiger charge is -2.42. The van der Waals surface area contributed by atoms with Crippen molar-refractivity contribution in [1.29, 1.82) is 5.41 Å². The Kier molecular flexibility index (Phi) is 6.51. The van der Waals surface area contributed by atoms with Gasteiger partial charge in [0.2, 0.25) is 5.91 Å². The molecule has 3 N–H and O–H groups in total. The molecule has 2 aromatic rings. The molecule has 1 aliphatic carbocycles. The molecule has 2 amide bonds. The first-order chi connectivity index (χ1) is 15.8. The van der Waals surface area contributed by atoms with Crippen molar-refractivity contribution >= 4 is 17.8 Å². The van der Waals surface area contributed by atoms with Gasteiger partial charge in [-0.05, 0) is 61.9 Å². The van der Waals surface area contributed by atoms with Crippen LogP contribution in [-0.4, -0.2) is 41.9 Å². The number of hydrogen-bond donors (Lipinski definition) is 3. The fraction of sp³-hybridized carbons (Fsp3) is 0.423. The number of hydrogen-bond acceptors (Lipinski definition) is 4. The summed E-state index contributed by atoms with van der Waals surface area (Å²) < 4.78 is 5.29. The van der Waals surface area contributed by atoms with E-state index in [1.165, 1.54) is 16.0 Å². The second-order valence-electron chi connectivity index (χ2n) is 9.48. The highest BCUT2D eigenvalue weighted by molar-refractivity contribution is 5.99. The molecule has 1 fully saturated rings. The Morgan fingerprint density at radius 3 is 2.82 bits per heavy atom. The van der Waals surface area contributed by atoms with Crippen LogP contribution < -0.4 is 10.6 Å². The number of carbonyl (C=O) groups excluding carboxylic acids is 2. The molecule has 33 heavy (non-hydrogen) atoms. The molecule has 4 rings (SSSR count). The van der Waals surface area contributed by atoms with Gasteiger partial charge in [0.15, 0.2) is 5.96 Å². The van der Waals surface area contributed by atoms with E-state index < -0.39 is 11.6 Å². The molecule has 1 heterocycles. The summed E-state index contributed by atoms with van der Waals surface area (Å²) in [6, 6.07) is 15.2. The molecule has 174 valence electrons. The normalized spacial score (nSPS) is 20.2. The number of fused-ring (bicyclic) bond motifs is 1. The van der Waals surface area contributed by atoms with E-state index >= 15 is 0 Å². The Morgan fingerprint density at radius 1 is 1.27 bits per heavy atom. The molecule has 2 atom stereocenters. The summed E-state index contributed by atoms with van der Waals surface area (Å²) in [5.74, 6) is -0.166. The Bertz CT molecular complexity index is 1050. The molecule has 1 saturated heterocycles. The average molecular weight is 449 g/mol. The first kappa shape index (κ1) is 23.0. The van der Waals surface area contributed by atoms with Crippen LogP contribution in [-0.2, 0) is 16.0 Å². The lowest BCUT2D eigenvalue weighted by molar-refractivity contribution is -0.132. The zero-order valence-corrected chi connectivity index (χ0v) is 19.5. The molecule has 2 aliphatic rings. The Morgan fingerprint density at radius 2 is 2.06 bits per heavy atom. The second kappa shape index (κ2) is 9.35. The smallest absolute Gasteiger partial charge is 0.251 e. The van der Waals surface area contributed by atoms with Crippen LogP contribution in [0.5, 0.6) is 0 Å². The molecular formula is C26H32N4O3. The average Bonchev–Trinajstić information content (AvgIpc) is 3.17. The maximum atomic E-state index is 13.1. The van der Waals surface area contributed by atoms with E-state index in [-0.39, 0.29) is 23.8 Å². The largest absolute Gasteiger partial charge is 0.385 e. The van der Waals surface area contributed by atoms with E-state index in [0.717, 1.165) is 18.4 Å². The van der Waals surface area contributed by atoms with Crippen LogP contribution in [0.15, 0.2) is 48.5 Å². The molecular weight excluding hydrogens is 416 g/mol. The summed E-state index contributed by atoms with van der Waals surface area (Å²) >= 11 is 0. The number of benzene rings is 2. The summed E-state index contributed by atoms with van der Waals surface area (Å²) in [5, 5.41) is 14.8. The van der Waals surface area contributed by atoms with E-state index in [1.54, 1.807) is 13.2 Å². The second-order valence-corrected chi connectivity index (χ2v) is 9.48. The first-order valence-electron chi connectivity index (χ1n) is 11.5. The minimum absolute atomic E-state index is 0.00456. The number of aryl methyl sites for hydroxylation is 1. The monoisotopic (exact) mass is 448 g/mol. The third-order valence-corrected chi connectivity index (χ3v) is 6.44. The highest BCUT2D eigenvalue weighted by Crippen LogP contribution is 2.32. The van der Waals surface area contributed by atoms with Gasteiger partial charge in [0.25, 0.3) is 5.91 Å². The van der Waals surface area contributed by atoms with Gasteiger partial charge in [-0.1, -0.05) is 36.4 Å². The Labute approximate surface area is 195 Å². The molecule has 0 spiro atoms. The van der Waals surface area contributed by atoms with E-state index in [1.807, 2.05) is 44.2 Å². The quantitative estimate of drug-likeness (QED) is 0.602. The van der Waals surface area contributed by atoms with E-state index in [9.17, 15) is 9.59 Å². The van der Waals surface area contributed by atoms with Gasteiger partial charge >= 0.3 is 0 Å². The van der Waals surface area contributed by atoms with Gasteiger partial charge in [0.1, 0.15) is 0 Å². The van der Waals surface area contributed by atoms with E-state index in [4.69, 9.17) is 10.1 Å². The van der Waals surface area contributed by atoms with Gasteiger partial charge in [-0.15, -0.1) is 0 Å².